The fourth-order valence-electron chi connectivity index (χ4n) is 4.44. The van der Waals surface area contributed by atoms with Crippen molar-refractivity contribution in [1.82, 2.24) is 4.98 Å². The molecule has 0 amide bonds. The van der Waals surface area contributed by atoms with Crippen molar-refractivity contribution in [3.05, 3.63) is 144 Å². The summed E-state index contributed by atoms with van der Waals surface area (Å²) < 4.78 is 0. The highest BCUT2D eigenvalue weighted by molar-refractivity contribution is 5.87. The Balaban J connectivity index is 1.23. The molecule has 0 bridgehead atoms. The third-order valence-corrected chi connectivity index (χ3v) is 6.37. The van der Waals surface area contributed by atoms with Crippen molar-refractivity contribution >= 4 is 45.8 Å². The zero-order valence-electron chi connectivity index (χ0n) is 19.8. The van der Waals surface area contributed by atoms with Gasteiger partial charge in [-0.2, -0.15) is 0 Å². The van der Waals surface area contributed by atoms with Crippen molar-refractivity contribution in [3.63, 3.8) is 0 Å². The van der Waals surface area contributed by atoms with Gasteiger partial charge in [-0.15, -0.1) is 0 Å². The number of aromatic amines is 1. The van der Waals surface area contributed by atoms with E-state index in [2.05, 4.69) is 137 Å². The zero-order chi connectivity index (χ0) is 24.2. The van der Waals surface area contributed by atoms with E-state index < -0.39 is 0 Å². The number of rotatable bonds is 5. The van der Waals surface area contributed by atoms with Crippen LogP contribution in [0.5, 0.6) is 0 Å². The van der Waals surface area contributed by atoms with Gasteiger partial charge < -0.3 is 0 Å². The maximum Gasteiger partial charge on any atom is 0.230 e. The first kappa shape index (κ1) is 21.7. The Bertz CT molecular complexity index is 1610. The van der Waals surface area contributed by atoms with Gasteiger partial charge >= 0.3 is 0 Å². The van der Waals surface area contributed by atoms with Crippen LogP contribution in [0.25, 0.3) is 57.2 Å². The molecule has 2 nitrogen and oxygen atoms in total. The van der Waals surface area contributed by atoms with E-state index in [1.165, 1.54) is 32.7 Å². The molecule has 0 unspecified atom stereocenters. The van der Waals surface area contributed by atoms with Gasteiger partial charge in [0, 0.05) is 18.3 Å². The van der Waals surface area contributed by atoms with Crippen molar-refractivity contribution in [3.8, 4) is 11.4 Å². The summed E-state index contributed by atoms with van der Waals surface area (Å²) in [5.41, 5.74) is 6.49. The van der Waals surface area contributed by atoms with Crippen LogP contribution in [0.1, 0.15) is 22.3 Å². The first-order valence-corrected chi connectivity index (χ1v) is 12.1. The van der Waals surface area contributed by atoms with Gasteiger partial charge in [-0.3, -0.25) is 0 Å². The summed E-state index contributed by atoms with van der Waals surface area (Å²) in [6, 6.07) is 38.3. The van der Waals surface area contributed by atoms with E-state index in [9.17, 15) is 0 Å². The highest BCUT2D eigenvalue weighted by Crippen LogP contribution is 2.21. The summed E-state index contributed by atoms with van der Waals surface area (Å²) in [6.07, 6.45) is 12.4. The van der Waals surface area contributed by atoms with Crippen LogP contribution in [-0.4, -0.2) is 4.98 Å². The van der Waals surface area contributed by atoms with Crippen molar-refractivity contribution in [2.24, 2.45) is 0 Å². The van der Waals surface area contributed by atoms with Crippen LogP contribution in [0.4, 0.5) is 0 Å². The maximum atomic E-state index is 4.61. The summed E-state index contributed by atoms with van der Waals surface area (Å²) in [7, 11) is 0. The van der Waals surface area contributed by atoms with Crippen molar-refractivity contribution in [1.29, 1.82) is 0 Å². The maximum absolute atomic E-state index is 4.61. The van der Waals surface area contributed by atoms with Crippen LogP contribution in [-0.2, 0) is 0 Å². The molecule has 0 aliphatic carbocycles. The van der Waals surface area contributed by atoms with Gasteiger partial charge in [0.15, 0.2) is 6.20 Å². The van der Waals surface area contributed by atoms with Gasteiger partial charge in [0.1, 0.15) is 5.69 Å². The summed E-state index contributed by atoms with van der Waals surface area (Å²) in [6.45, 7) is 0. The summed E-state index contributed by atoms with van der Waals surface area (Å²) in [5, 5.41) is 5.01. The van der Waals surface area contributed by atoms with Gasteiger partial charge in [-0.05, 0) is 68.1 Å². The molecule has 0 aliphatic rings. The number of fused-ring (bicyclic) bond motifs is 2. The zero-order valence-corrected chi connectivity index (χ0v) is 19.8. The highest BCUT2D eigenvalue weighted by Gasteiger charge is 2.08. The number of hydrogen-bond donors (Lipinski definition) is 0. The first-order chi connectivity index (χ1) is 17.8. The van der Waals surface area contributed by atoms with Crippen LogP contribution in [0.15, 0.2) is 122 Å². The standard InChI is InChI=1S/C34H24N2/c1-3-7-31-21-25(13-15-29(31)5-1)9-11-27-17-19-35-33(23-27)34-24-28(18-20-36-34)12-10-26-14-16-30-6-2-4-8-32(30)22-26/h1-24H/p+1/b11-9+,12-10+. The van der Waals surface area contributed by atoms with E-state index in [0.717, 1.165) is 22.5 Å². The van der Waals surface area contributed by atoms with Gasteiger partial charge in [-0.1, -0.05) is 97.1 Å². The lowest BCUT2D eigenvalue weighted by atomic mass is 10.1. The van der Waals surface area contributed by atoms with E-state index in [1.54, 1.807) is 0 Å². The van der Waals surface area contributed by atoms with Crippen LogP contribution < -0.4 is 4.98 Å². The van der Waals surface area contributed by atoms with Gasteiger partial charge in [0.05, 0.1) is 0 Å². The average molecular weight is 462 g/mol. The van der Waals surface area contributed by atoms with Crippen molar-refractivity contribution in [2.75, 3.05) is 0 Å². The van der Waals surface area contributed by atoms with Gasteiger partial charge in [0.2, 0.25) is 5.69 Å². The van der Waals surface area contributed by atoms with Crippen molar-refractivity contribution in [2.45, 2.75) is 0 Å². The largest absolute Gasteiger partial charge is 0.250 e. The van der Waals surface area contributed by atoms with Crippen LogP contribution in [0.2, 0.25) is 0 Å². The molecule has 0 aliphatic heterocycles. The third kappa shape index (κ3) is 4.84. The fraction of sp³-hybridized carbons (Fsp3) is 0. The van der Waals surface area contributed by atoms with E-state index >= 15 is 0 Å². The molecule has 1 N–H and O–H groups in total. The lowest BCUT2D eigenvalue weighted by molar-refractivity contribution is -0.364. The Kier molecular flexibility index (Phi) is 5.91. The second-order valence-corrected chi connectivity index (χ2v) is 8.89. The Hall–Kier alpha value is -4.82. The van der Waals surface area contributed by atoms with E-state index in [1.807, 2.05) is 18.5 Å². The predicted octanol–water partition coefficient (Wildman–Crippen LogP) is 8.21. The molecule has 4 aromatic carbocycles. The minimum atomic E-state index is 0.914. The number of nitrogens with one attached hydrogen (secondary N) is 1. The van der Waals surface area contributed by atoms with Crippen LogP contribution in [0.3, 0.4) is 0 Å². The molecule has 0 radical (unpaired) electrons. The molecule has 0 fully saturated rings. The second kappa shape index (κ2) is 9.81. The van der Waals surface area contributed by atoms with Crippen LogP contribution in [0, 0.1) is 0 Å². The Morgan fingerprint density at radius 1 is 0.472 bits per heavy atom. The number of H-pyrrole nitrogens is 1. The SMILES string of the molecule is C(=C\c1ccc2ccccc2c1)/c1ccnc(-c2cc(/C=C/c3ccc4ccccc4c3)cc[nH+]2)c1. The number of hydrogen-bond acceptors (Lipinski definition) is 1. The number of pyridine rings is 2. The molecule has 0 saturated heterocycles. The van der Waals surface area contributed by atoms with Crippen molar-refractivity contribution < 1.29 is 4.98 Å². The molecule has 2 heteroatoms. The summed E-state index contributed by atoms with van der Waals surface area (Å²) >= 11 is 0. The number of benzene rings is 4. The fourth-order valence-corrected chi connectivity index (χ4v) is 4.44. The van der Waals surface area contributed by atoms with E-state index in [4.69, 9.17) is 0 Å². The minimum absolute atomic E-state index is 0.914. The first-order valence-electron chi connectivity index (χ1n) is 12.1. The smallest absolute Gasteiger partial charge is 0.230 e. The highest BCUT2D eigenvalue weighted by atomic mass is 14.8. The molecule has 6 rings (SSSR count). The Morgan fingerprint density at radius 2 is 1.00 bits per heavy atom. The lowest BCUT2D eigenvalue weighted by Gasteiger charge is -2.01. The molecule has 2 heterocycles. The summed E-state index contributed by atoms with van der Waals surface area (Å²) in [4.78, 5) is 7.96. The molecular formula is C34H25N2+. The average Bonchev–Trinajstić information content (AvgIpc) is 2.95. The number of aromatic nitrogens is 2. The molecule has 170 valence electrons. The monoisotopic (exact) mass is 461 g/mol. The number of nitrogens with zero attached hydrogens (tertiary/aromatic N) is 1. The second-order valence-electron chi connectivity index (χ2n) is 8.89. The lowest BCUT2D eigenvalue weighted by Crippen LogP contribution is -2.06. The predicted molar refractivity (Wildman–Crippen MR) is 152 cm³/mol. The third-order valence-electron chi connectivity index (χ3n) is 6.37. The van der Waals surface area contributed by atoms with E-state index in [-0.39, 0.29) is 0 Å². The van der Waals surface area contributed by atoms with Crippen LogP contribution >= 0.6 is 0 Å². The van der Waals surface area contributed by atoms with Gasteiger partial charge in [-0.25, -0.2) is 9.97 Å². The molecule has 36 heavy (non-hydrogen) atoms. The van der Waals surface area contributed by atoms with Gasteiger partial charge in [0.25, 0.3) is 0 Å². The van der Waals surface area contributed by atoms with E-state index in [0.29, 0.717) is 0 Å². The topological polar surface area (TPSA) is 27.0 Å². The molecule has 0 atom stereocenters. The molecule has 0 saturated carbocycles. The minimum Gasteiger partial charge on any atom is -0.250 e. The quantitative estimate of drug-likeness (QED) is 0.254. The summed E-state index contributed by atoms with van der Waals surface area (Å²) in [5.74, 6) is 0. The Morgan fingerprint density at radius 3 is 1.61 bits per heavy atom. The molecular weight excluding hydrogens is 436 g/mol. The molecule has 2 aromatic heterocycles. The molecule has 6 aromatic rings. The Labute approximate surface area is 210 Å². The normalized spacial score (nSPS) is 11.7. The molecule has 0 spiro atoms.